The quantitative estimate of drug-likeness (QED) is 0.713. The van der Waals surface area contributed by atoms with E-state index in [1.807, 2.05) is 12.1 Å². The fourth-order valence-corrected chi connectivity index (χ4v) is 2.61. The summed E-state index contributed by atoms with van der Waals surface area (Å²) >= 11 is 0. The van der Waals surface area contributed by atoms with Gasteiger partial charge >= 0.3 is 0 Å². The molecule has 1 aromatic carbocycles. The molecule has 0 radical (unpaired) electrons. The summed E-state index contributed by atoms with van der Waals surface area (Å²) in [7, 11) is 0. The number of nitrogens with two attached hydrogens (primary N) is 1. The van der Waals surface area contributed by atoms with Crippen LogP contribution in [0.1, 0.15) is 50.5 Å². The zero-order valence-corrected chi connectivity index (χ0v) is 9.95. The van der Waals surface area contributed by atoms with Crippen LogP contribution in [0.3, 0.4) is 0 Å². The molecule has 2 atom stereocenters. The highest BCUT2D eigenvalue weighted by Crippen LogP contribution is 2.35. The number of phenolic OH excluding ortho intramolecular Hbond substituents is 1. The molecule has 1 aliphatic carbocycles. The van der Waals surface area contributed by atoms with Crippen molar-refractivity contribution in [3.05, 3.63) is 29.8 Å². The molecule has 1 aliphatic rings. The molecule has 0 spiro atoms. The minimum absolute atomic E-state index is 0.0195. The molecule has 3 N–H and O–H groups in total. The van der Waals surface area contributed by atoms with E-state index in [2.05, 4.69) is 6.92 Å². The monoisotopic (exact) mass is 219 g/mol. The van der Waals surface area contributed by atoms with Gasteiger partial charge in [0.2, 0.25) is 0 Å². The van der Waals surface area contributed by atoms with Gasteiger partial charge in [-0.1, -0.05) is 18.6 Å². The highest BCUT2D eigenvalue weighted by Gasteiger charge is 2.25. The number of hydrogen-bond acceptors (Lipinski definition) is 2. The van der Waals surface area contributed by atoms with E-state index in [-0.39, 0.29) is 5.54 Å². The van der Waals surface area contributed by atoms with Crippen LogP contribution in [0, 0.1) is 0 Å². The molecule has 1 aromatic rings. The number of phenols is 1. The van der Waals surface area contributed by atoms with Crippen molar-refractivity contribution in [3.63, 3.8) is 0 Å². The normalized spacial score (nSPS) is 31.0. The summed E-state index contributed by atoms with van der Waals surface area (Å²) in [5.74, 6) is 0.965. The average molecular weight is 219 g/mol. The van der Waals surface area contributed by atoms with Crippen molar-refractivity contribution in [2.75, 3.05) is 0 Å². The maximum absolute atomic E-state index is 9.27. The van der Waals surface area contributed by atoms with E-state index < -0.39 is 0 Å². The van der Waals surface area contributed by atoms with Crippen molar-refractivity contribution < 1.29 is 5.11 Å². The van der Waals surface area contributed by atoms with E-state index in [1.165, 1.54) is 18.4 Å². The SMILES string of the molecule is C[C@]1(N)CCC[C@@H](c2ccc(O)cc2)CC1. The third kappa shape index (κ3) is 2.76. The molecule has 88 valence electrons. The van der Waals surface area contributed by atoms with Crippen LogP contribution in [0.25, 0.3) is 0 Å². The summed E-state index contributed by atoms with van der Waals surface area (Å²) in [4.78, 5) is 0. The second kappa shape index (κ2) is 4.46. The van der Waals surface area contributed by atoms with Crippen LogP contribution in [0.5, 0.6) is 5.75 Å². The van der Waals surface area contributed by atoms with Crippen molar-refractivity contribution >= 4 is 0 Å². The van der Waals surface area contributed by atoms with Crippen LogP contribution in [0.15, 0.2) is 24.3 Å². The average Bonchev–Trinajstić information content (AvgIpc) is 2.41. The highest BCUT2D eigenvalue weighted by atomic mass is 16.3. The van der Waals surface area contributed by atoms with Gasteiger partial charge in [0.25, 0.3) is 0 Å². The van der Waals surface area contributed by atoms with Gasteiger partial charge in [-0.3, -0.25) is 0 Å². The van der Waals surface area contributed by atoms with Crippen LogP contribution in [0.4, 0.5) is 0 Å². The van der Waals surface area contributed by atoms with Crippen LogP contribution >= 0.6 is 0 Å². The summed E-state index contributed by atoms with van der Waals surface area (Å²) in [6.45, 7) is 2.16. The summed E-state index contributed by atoms with van der Waals surface area (Å²) in [6, 6.07) is 7.64. The van der Waals surface area contributed by atoms with Crippen molar-refractivity contribution in [1.82, 2.24) is 0 Å². The summed E-state index contributed by atoms with van der Waals surface area (Å²) in [5, 5.41) is 9.27. The molecule has 1 saturated carbocycles. The number of rotatable bonds is 1. The van der Waals surface area contributed by atoms with Gasteiger partial charge in [0.1, 0.15) is 5.75 Å². The molecule has 0 aromatic heterocycles. The molecule has 0 bridgehead atoms. The van der Waals surface area contributed by atoms with Crippen LogP contribution in [0.2, 0.25) is 0 Å². The predicted octanol–water partition coefficient (Wildman–Crippen LogP) is 3.16. The van der Waals surface area contributed by atoms with Crippen molar-refractivity contribution in [1.29, 1.82) is 0 Å². The molecule has 0 unspecified atom stereocenters. The second-order valence-electron chi connectivity index (χ2n) is 5.37. The van der Waals surface area contributed by atoms with Gasteiger partial charge in [-0.15, -0.1) is 0 Å². The van der Waals surface area contributed by atoms with Gasteiger partial charge in [0, 0.05) is 5.54 Å². The fourth-order valence-electron chi connectivity index (χ4n) is 2.61. The van der Waals surface area contributed by atoms with Crippen LogP contribution in [-0.2, 0) is 0 Å². The van der Waals surface area contributed by atoms with Gasteiger partial charge < -0.3 is 10.8 Å². The molecule has 0 aliphatic heterocycles. The Bertz CT molecular complexity index is 342. The summed E-state index contributed by atoms with van der Waals surface area (Å²) < 4.78 is 0. The summed E-state index contributed by atoms with van der Waals surface area (Å²) in [6.07, 6.45) is 5.81. The first-order valence-electron chi connectivity index (χ1n) is 6.15. The lowest BCUT2D eigenvalue weighted by molar-refractivity contribution is 0.407. The lowest BCUT2D eigenvalue weighted by Gasteiger charge is -2.22. The first-order chi connectivity index (χ1) is 7.57. The van der Waals surface area contributed by atoms with Crippen LogP contribution < -0.4 is 5.73 Å². The Balaban J connectivity index is 2.08. The Kier molecular flexibility index (Phi) is 3.20. The van der Waals surface area contributed by atoms with Crippen LogP contribution in [-0.4, -0.2) is 10.6 Å². The zero-order valence-electron chi connectivity index (χ0n) is 9.95. The minimum atomic E-state index is 0.0195. The number of hydrogen-bond donors (Lipinski definition) is 2. The Morgan fingerprint density at radius 2 is 1.88 bits per heavy atom. The Hall–Kier alpha value is -1.02. The van der Waals surface area contributed by atoms with Gasteiger partial charge in [0.15, 0.2) is 0 Å². The lowest BCUT2D eigenvalue weighted by Crippen LogP contribution is -2.34. The van der Waals surface area contributed by atoms with E-state index >= 15 is 0 Å². The van der Waals surface area contributed by atoms with E-state index in [9.17, 15) is 5.11 Å². The largest absolute Gasteiger partial charge is 0.508 e. The number of benzene rings is 1. The Morgan fingerprint density at radius 3 is 2.56 bits per heavy atom. The molecule has 1 fully saturated rings. The van der Waals surface area contributed by atoms with Gasteiger partial charge in [-0.05, 0) is 56.2 Å². The molecule has 0 heterocycles. The third-order valence-electron chi connectivity index (χ3n) is 3.73. The number of aromatic hydroxyl groups is 1. The van der Waals surface area contributed by atoms with E-state index in [0.717, 1.165) is 19.3 Å². The standard InChI is InChI=1S/C14H21NO/c1-14(15)9-2-3-11(8-10-14)12-4-6-13(16)7-5-12/h4-7,11,16H,2-3,8-10,15H2,1H3/t11-,14+/m1/s1. The minimum Gasteiger partial charge on any atom is -0.508 e. The molecular formula is C14H21NO. The highest BCUT2D eigenvalue weighted by molar-refractivity contribution is 5.28. The topological polar surface area (TPSA) is 46.2 Å². The van der Waals surface area contributed by atoms with E-state index in [1.54, 1.807) is 12.1 Å². The molecule has 2 rings (SSSR count). The molecule has 2 heteroatoms. The maximum atomic E-state index is 9.27. The zero-order chi connectivity index (χ0) is 11.6. The summed E-state index contributed by atoms with van der Waals surface area (Å²) in [5.41, 5.74) is 7.56. The van der Waals surface area contributed by atoms with Gasteiger partial charge in [-0.2, -0.15) is 0 Å². The molecule has 2 nitrogen and oxygen atoms in total. The van der Waals surface area contributed by atoms with Gasteiger partial charge in [-0.25, -0.2) is 0 Å². The van der Waals surface area contributed by atoms with Crippen molar-refractivity contribution in [2.24, 2.45) is 5.73 Å². The Morgan fingerprint density at radius 1 is 1.19 bits per heavy atom. The first-order valence-corrected chi connectivity index (χ1v) is 6.15. The van der Waals surface area contributed by atoms with Crippen molar-refractivity contribution in [2.45, 2.75) is 50.5 Å². The van der Waals surface area contributed by atoms with Crippen molar-refractivity contribution in [3.8, 4) is 5.75 Å². The second-order valence-corrected chi connectivity index (χ2v) is 5.37. The van der Waals surface area contributed by atoms with Gasteiger partial charge in [0.05, 0.1) is 0 Å². The third-order valence-corrected chi connectivity index (χ3v) is 3.73. The smallest absolute Gasteiger partial charge is 0.115 e. The fraction of sp³-hybridized carbons (Fsp3) is 0.571. The predicted molar refractivity (Wildman–Crippen MR) is 66.5 cm³/mol. The Labute approximate surface area is 97.5 Å². The van der Waals surface area contributed by atoms with E-state index in [0.29, 0.717) is 11.7 Å². The van der Waals surface area contributed by atoms with E-state index in [4.69, 9.17) is 5.73 Å². The lowest BCUT2D eigenvalue weighted by atomic mass is 9.90. The molecule has 16 heavy (non-hydrogen) atoms. The molecule has 0 saturated heterocycles. The maximum Gasteiger partial charge on any atom is 0.115 e. The molecular weight excluding hydrogens is 198 g/mol. The molecule has 0 amide bonds. The first kappa shape index (κ1) is 11.5.